The molecule has 16 nitrogen and oxygen atoms in total. The van der Waals surface area contributed by atoms with Gasteiger partial charge in [-0.05, 0) is 85.9 Å². The first-order valence-corrected chi connectivity index (χ1v) is 20.4. The molecular weight excluding hydrogens is 748 g/mol. The molecule has 0 amide bonds. The predicted octanol–water partition coefficient (Wildman–Crippen LogP) is -0.118. The van der Waals surface area contributed by atoms with Gasteiger partial charge in [0.15, 0.2) is 12.4 Å². The Kier molecular flexibility index (Phi) is 11.2. The summed E-state index contributed by atoms with van der Waals surface area (Å²) in [4.78, 5) is 26.2. The van der Waals surface area contributed by atoms with Crippen LogP contribution < -0.4 is 0 Å². The number of aliphatic hydroxyl groups is 9. The van der Waals surface area contributed by atoms with Crippen LogP contribution in [0.4, 0.5) is 0 Å². The van der Waals surface area contributed by atoms with Crippen LogP contribution in [0.3, 0.4) is 0 Å². The Labute approximate surface area is 332 Å². The van der Waals surface area contributed by atoms with E-state index in [9.17, 15) is 60.7 Å². The second kappa shape index (κ2) is 14.8. The Morgan fingerprint density at radius 1 is 0.842 bits per heavy atom. The van der Waals surface area contributed by atoms with E-state index < -0.39 is 120 Å². The maximum absolute atomic E-state index is 14.4. The van der Waals surface area contributed by atoms with Gasteiger partial charge in [-0.1, -0.05) is 51.5 Å². The Balaban J connectivity index is 1.18. The number of hydrogen-bond donors (Lipinski definition) is 10. The number of allylic oxidation sites excluding steroid dienone is 3. The first kappa shape index (κ1) is 43.0. The van der Waals surface area contributed by atoms with Crippen LogP contribution in [-0.2, 0) is 28.5 Å². The summed E-state index contributed by atoms with van der Waals surface area (Å²) in [6.07, 6.45) is -12.2. The third-order valence-electron chi connectivity index (χ3n) is 16.7. The van der Waals surface area contributed by atoms with Crippen molar-refractivity contribution in [2.45, 2.75) is 159 Å². The Morgan fingerprint density at radius 2 is 1.51 bits per heavy atom. The van der Waals surface area contributed by atoms with E-state index in [1.165, 1.54) is 0 Å². The van der Waals surface area contributed by atoms with E-state index in [2.05, 4.69) is 33.4 Å². The maximum atomic E-state index is 14.4. The van der Waals surface area contributed by atoms with Crippen molar-refractivity contribution in [3.05, 3.63) is 23.8 Å². The standard InChI is InChI=1S/C41H62O16/c1-18-8-11-41(36(53)57-34-29(49)26(46)25(45)22(16-42)54-34)13-12-39(4)19(20(41)14-18)6-7-24-37(2)15-21(44)32(38(3,17-43)23(37)9-10-40(24,39)5)56-35-30(50)27(47)28(48)31(55-35)33(51)52/h6,20-32,34-35,42-50H,1,7-17H2,2-5H3,(H,51,52)/t20-,21+,22+,23+,24+,25+,26-,27-,28-,29+,30+,31-,32-,34-,35-,37-,38-,39+,40+,41-/m0/s1. The molecule has 0 aromatic heterocycles. The molecule has 2 heterocycles. The molecule has 10 N–H and O–H groups in total. The third-order valence-corrected chi connectivity index (χ3v) is 16.7. The number of esters is 1. The fraction of sp³-hybridized carbons (Fsp3) is 0.854. The van der Waals surface area contributed by atoms with Crippen molar-refractivity contribution in [2.24, 2.45) is 44.8 Å². The molecule has 0 aromatic carbocycles. The third kappa shape index (κ3) is 6.22. The second-order valence-electron chi connectivity index (χ2n) is 19.3. The fourth-order valence-electron chi connectivity index (χ4n) is 13.3. The van der Waals surface area contributed by atoms with Crippen LogP contribution in [0.25, 0.3) is 0 Å². The van der Waals surface area contributed by atoms with Crippen LogP contribution in [0, 0.1) is 44.8 Å². The van der Waals surface area contributed by atoms with Gasteiger partial charge in [-0.15, -0.1) is 0 Å². The lowest BCUT2D eigenvalue weighted by molar-refractivity contribution is -0.340. The van der Waals surface area contributed by atoms with Gasteiger partial charge in [-0.3, -0.25) is 4.79 Å². The summed E-state index contributed by atoms with van der Waals surface area (Å²) in [7, 11) is 0. The first-order chi connectivity index (χ1) is 26.6. The van der Waals surface area contributed by atoms with Crippen LogP contribution in [-0.4, -0.2) is 150 Å². The first-order valence-electron chi connectivity index (χ1n) is 20.4. The van der Waals surface area contributed by atoms with Crippen molar-refractivity contribution >= 4 is 11.9 Å². The average Bonchev–Trinajstić information content (AvgIpc) is 3.16. The SMILES string of the molecule is C=C1CC[C@]2(C(=O)O[C@@H]3O[C@H](CO)[C@@H](O)[C@H](O)[C@H]3O)CC[C@]3(C)C(=CC[C@@H]4[C@@]5(C)C[C@@H](O)[C@H](O[C@@H]6O[C@H](C(=O)O)[C@@H](O)[C@H](O)[C@H]6O)[C@@](C)(CO)[C@@H]5CC[C@]43C)[C@@H]2C1. The van der Waals surface area contributed by atoms with Gasteiger partial charge in [0.05, 0.1) is 30.8 Å². The van der Waals surface area contributed by atoms with Gasteiger partial charge < -0.3 is 70.0 Å². The summed E-state index contributed by atoms with van der Waals surface area (Å²) in [5.74, 6) is -2.61. The molecule has 322 valence electrons. The summed E-state index contributed by atoms with van der Waals surface area (Å²) < 4.78 is 23.1. The highest BCUT2D eigenvalue weighted by Crippen LogP contribution is 2.75. The summed E-state index contributed by atoms with van der Waals surface area (Å²) in [6.45, 7) is 11.8. The van der Waals surface area contributed by atoms with Crippen molar-refractivity contribution in [1.82, 2.24) is 0 Å². The summed E-state index contributed by atoms with van der Waals surface area (Å²) >= 11 is 0. The molecule has 20 atom stereocenters. The lowest BCUT2D eigenvalue weighted by Crippen LogP contribution is -2.69. The summed E-state index contributed by atoms with van der Waals surface area (Å²) in [5.41, 5.74) is -1.22. The van der Waals surface area contributed by atoms with Crippen LogP contribution in [0.15, 0.2) is 23.8 Å². The number of ether oxygens (including phenoxy) is 4. The van der Waals surface area contributed by atoms with Crippen molar-refractivity contribution in [1.29, 1.82) is 0 Å². The molecule has 2 aliphatic heterocycles. The molecule has 16 heteroatoms. The number of carboxylic acid groups (broad SMARTS) is 1. The zero-order valence-electron chi connectivity index (χ0n) is 33.1. The van der Waals surface area contributed by atoms with Gasteiger partial charge >= 0.3 is 11.9 Å². The van der Waals surface area contributed by atoms with Crippen molar-refractivity contribution in [3.63, 3.8) is 0 Å². The van der Waals surface area contributed by atoms with Gasteiger partial charge in [0.25, 0.3) is 0 Å². The highest BCUT2D eigenvalue weighted by Gasteiger charge is 2.71. The van der Waals surface area contributed by atoms with E-state index in [0.29, 0.717) is 44.9 Å². The molecule has 2 saturated heterocycles. The topological polar surface area (TPSA) is 273 Å². The normalized spacial score (nSPS) is 53.7. The Hall–Kier alpha value is -2.06. The minimum atomic E-state index is -1.91. The highest BCUT2D eigenvalue weighted by molar-refractivity contribution is 5.79. The molecule has 7 aliphatic rings. The smallest absolute Gasteiger partial charge is 0.335 e. The number of carboxylic acids is 1. The number of rotatable bonds is 7. The minimum absolute atomic E-state index is 0.00390. The molecule has 0 bridgehead atoms. The highest BCUT2D eigenvalue weighted by atomic mass is 16.7. The number of fused-ring (bicyclic) bond motifs is 7. The molecule has 0 unspecified atom stereocenters. The maximum Gasteiger partial charge on any atom is 0.335 e. The van der Waals surface area contributed by atoms with Crippen molar-refractivity contribution in [3.8, 4) is 0 Å². The predicted molar refractivity (Wildman–Crippen MR) is 196 cm³/mol. The summed E-state index contributed by atoms with van der Waals surface area (Å²) in [5, 5.41) is 105. The van der Waals surface area contributed by atoms with E-state index in [-0.39, 0.29) is 29.6 Å². The van der Waals surface area contributed by atoms with Gasteiger partial charge in [0.2, 0.25) is 6.29 Å². The van der Waals surface area contributed by atoms with Crippen LogP contribution >= 0.6 is 0 Å². The van der Waals surface area contributed by atoms with Crippen LogP contribution in [0.1, 0.15) is 85.5 Å². The quantitative estimate of drug-likeness (QED) is 0.0912. The van der Waals surface area contributed by atoms with E-state index in [0.717, 1.165) is 17.6 Å². The molecule has 4 saturated carbocycles. The molecular formula is C41H62O16. The number of aliphatic hydroxyl groups excluding tert-OH is 9. The molecule has 0 aromatic rings. The largest absolute Gasteiger partial charge is 0.479 e. The minimum Gasteiger partial charge on any atom is -0.479 e. The lowest BCUT2D eigenvalue weighted by atomic mass is 9.33. The zero-order valence-corrected chi connectivity index (χ0v) is 33.1. The van der Waals surface area contributed by atoms with Crippen LogP contribution in [0.5, 0.6) is 0 Å². The molecule has 6 fully saturated rings. The van der Waals surface area contributed by atoms with Crippen molar-refractivity contribution in [2.75, 3.05) is 13.2 Å². The van der Waals surface area contributed by atoms with Crippen LogP contribution in [0.2, 0.25) is 0 Å². The number of aliphatic carboxylic acids is 1. The Morgan fingerprint density at radius 3 is 2.16 bits per heavy atom. The molecule has 7 rings (SSSR count). The zero-order chi connectivity index (χ0) is 41.8. The molecule has 0 spiro atoms. The average molecular weight is 811 g/mol. The molecule has 5 aliphatic carbocycles. The van der Waals surface area contributed by atoms with E-state index in [4.69, 9.17) is 18.9 Å². The van der Waals surface area contributed by atoms with Gasteiger partial charge in [0, 0.05) is 11.3 Å². The Bertz CT molecular complexity index is 1620. The molecule has 0 radical (unpaired) electrons. The lowest BCUT2D eigenvalue weighted by Gasteiger charge is -2.71. The monoisotopic (exact) mass is 810 g/mol. The fourth-order valence-corrected chi connectivity index (χ4v) is 13.3. The van der Waals surface area contributed by atoms with Gasteiger partial charge in [-0.2, -0.15) is 0 Å². The number of carbonyl (C=O) groups is 2. The van der Waals surface area contributed by atoms with E-state index in [1.807, 2.05) is 6.92 Å². The second-order valence-corrected chi connectivity index (χ2v) is 19.3. The van der Waals surface area contributed by atoms with E-state index >= 15 is 0 Å². The van der Waals surface area contributed by atoms with Gasteiger partial charge in [-0.25, -0.2) is 4.79 Å². The number of carbonyl (C=O) groups excluding carboxylic acids is 1. The number of hydrogen-bond acceptors (Lipinski definition) is 15. The van der Waals surface area contributed by atoms with Gasteiger partial charge in [0.1, 0.15) is 42.7 Å². The molecule has 57 heavy (non-hydrogen) atoms. The summed E-state index contributed by atoms with van der Waals surface area (Å²) in [6, 6.07) is 0. The van der Waals surface area contributed by atoms with E-state index in [1.54, 1.807) is 0 Å². The van der Waals surface area contributed by atoms with Crippen molar-refractivity contribution < 1.29 is 79.6 Å².